The summed E-state index contributed by atoms with van der Waals surface area (Å²) in [6, 6.07) is 0.279. The van der Waals surface area contributed by atoms with Crippen LogP contribution in [0, 0.1) is 5.92 Å². The van der Waals surface area contributed by atoms with Crippen LogP contribution in [0.2, 0.25) is 0 Å². The van der Waals surface area contributed by atoms with Gasteiger partial charge in [-0.2, -0.15) is 0 Å². The molecule has 3 nitrogen and oxygen atoms in total. The minimum atomic E-state index is -0.547. The third kappa shape index (κ3) is 2.57. The van der Waals surface area contributed by atoms with E-state index in [9.17, 15) is 4.79 Å². The lowest BCUT2D eigenvalue weighted by Crippen LogP contribution is -2.58. The molecule has 0 saturated carbocycles. The van der Waals surface area contributed by atoms with E-state index < -0.39 is 5.54 Å². The fourth-order valence-electron chi connectivity index (χ4n) is 1.22. The van der Waals surface area contributed by atoms with E-state index in [-0.39, 0.29) is 12.0 Å². The number of hydrogen-bond acceptors (Lipinski definition) is 3. The fraction of sp³-hybridized carbons (Fsp3) is 0.889. The van der Waals surface area contributed by atoms with Gasteiger partial charge in [-0.25, -0.2) is 0 Å². The monoisotopic (exact) mass is 172 g/mol. The lowest BCUT2D eigenvalue weighted by molar-refractivity contribution is -0.114. The van der Waals surface area contributed by atoms with Crippen LogP contribution in [0.4, 0.5) is 0 Å². The number of carbonyl (C=O) groups excluding carboxylic acids is 1. The second-order valence-electron chi connectivity index (χ2n) is 3.82. The van der Waals surface area contributed by atoms with Crippen LogP contribution in [-0.2, 0) is 4.79 Å². The summed E-state index contributed by atoms with van der Waals surface area (Å²) in [6.45, 7) is 8.37. The van der Waals surface area contributed by atoms with Crippen LogP contribution >= 0.6 is 0 Å². The van der Waals surface area contributed by atoms with Gasteiger partial charge in [-0.3, -0.25) is 0 Å². The van der Waals surface area contributed by atoms with E-state index in [1.807, 2.05) is 27.7 Å². The molecular weight excluding hydrogens is 152 g/mol. The molecule has 0 bridgehead atoms. The molecule has 3 heteroatoms. The number of nitrogens with one attached hydrogen (secondary N) is 1. The zero-order valence-corrected chi connectivity index (χ0v) is 8.42. The van der Waals surface area contributed by atoms with E-state index in [0.29, 0.717) is 6.54 Å². The molecule has 0 spiro atoms. The smallest absolute Gasteiger partial charge is 0.141 e. The van der Waals surface area contributed by atoms with Crippen molar-refractivity contribution in [1.29, 1.82) is 0 Å². The zero-order valence-electron chi connectivity index (χ0n) is 8.42. The van der Waals surface area contributed by atoms with Crippen molar-refractivity contribution in [3.8, 4) is 0 Å². The molecule has 0 saturated heterocycles. The van der Waals surface area contributed by atoms with Crippen molar-refractivity contribution in [2.45, 2.75) is 39.3 Å². The van der Waals surface area contributed by atoms with E-state index >= 15 is 0 Å². The first-order valence-corrected chi connectivity index (χ1v) is 4.42. The Balaban J connectivity index is 4.46. The van der Waals surface area contributed by atoms with Gasteiger partial charge in [0.25, 0.3) is 0 Å². The van der Waals surface area contributed by atoms with E-state index in [4.69, 9.17) is 5.73 Å². The topological polar surface area (TPSA) is 55.1 Å². The summed E-state index contributed by atoms with van der Waals surface area (Å²) in [5.74, 6) is 0.224. The fourth-order valence-corrected chi connectivity index (χ4v) is 1.22. The highest BCUT2D eigenvalue weighted by Gasteiger charge is 2.31. The Bertz CT molecular complexity index is 145. The Kier molecular flexibility index (Phi) is 4.42. The maximum absolute atomic E-state index is 10.9. The van der Waals surface area contributed by atoms with Crippen LogP contribution in [-0.4, -0.2) is 24.4 Å². The summed E-state index contributed by atoms with van der Waals surface area (Å²) in [7, 11) is 0. The van der Waals surface area contributed by atoms with Gasteiger partial charge in [0.2, 0.25) is 0 Å². The third-order valence-electron chi connectivity index (χ3n) is 2.14. The second-order valence-corrected chi connectivity index (χ2v) is 3.82. The van der Waals surface area contributed by atoms with Gasteiger partial charge in [0.1, 0.15) is 6.29 Å². The molecule has 0 aliphatic heterocycles. The molecule has 0 heterocycles. The first-order chi connectivity index (χ1) is 5.48. The van der Waals surface area contributed by atoms with Gasteiger partial charge < -0.3 is 15.8 Å². The Morgan fingerprint density at radius 2 is 1.92 bits per heavy atom. The van der Waals surface area contributed by atoms with Crippen molar-refractivity contribution in [2.75, 3.05) is 6.54 Å². The molecule has 72 valence electrons. The van der Waals surface area contributed by atoms with E-state index in [0.717, 1.165) is 6.29 Å². The van der Waals surface area contributed by atoms with Gasteiger partial charge in [0.15, 0.2) is 0 Å². The van der Waals surface area contributed by atoms with Crippen molar-refractivity contribution >= 4 is 6.29 Å². The molecule has 3 N–H and O–H groups in total. The Hall–Kier alpha value is -0.410. The van der Waals surface area contributed by atoms with Crippen molar-refractivity contribution in [1.82, 2.24) is 5.32 Å². The average Bonchev–Trinajstić information content (AvgIpc) is 1.99. The van der Waals surface area contributed by atoms with Gasteiger partial charge in [0.05, 0.1) is 5.54 Å². The molecule has 0 aromatic carbocycles. The molecule has 0 amide bonds. The highest BCUT2D eigenvalue weighted by molar-refractivity contribution is 5.65. The highest BCUT2D eigenvalue weighted by Crippen LogP contribution is 2.13. The van der Waals surface area contributed by atoms with Crippen LogP contribution in [0.25, 0.3) is 0 Å². The Labute approximate surface area is 74.7 Å². The van der Waals surface area contributed by atoms with Gasteiger partial charge in [0, 0.05) is 12.6 Å². The molecule has 0 aromatic heterocycles. The summed E-state index contributed by atoms with van der Waals surface area (Å²) in [4.78, 5) is 10.9. The van der Waals surface area contributed by atoms with Gasteiger partial charge in [-0.15, -0.1) is 0 Å². The summed E-state index contributed by atoms with van der Waals surface area (Å²) in [5, 5.41) is 3.20. The molecule has 0 radical (unpaired) electrons. The van der Waals surface area contributed by atoms with E-state index in [1.165, 1.54) is 0 Å². The average molecular weight is 172 g/mol. The largest absolute Gasteiger partial charge is 0.328 e. The maximum Gasteiger partial charge on any atom is 0.141 e. The van der Waals surface area contributed by atoms with Gasteiger partial charge in [-0.1, -0.05) is 13.8 Å². The molecule has 1 atom stereocenters. The lowest BCUT2D eigenvalue weighted by atomic mass is 9.87. The Morgan fingerprint density at radius 3 is 2.00 bits per heavy atom. The normalized spacial score (nSPS) is 16.6. The quantitative estimate of drug-likeness (QED) is 0.595. The first kappa shape index (κ1) is 11.6. The predicted molar refractivity (Wildman–Crippen MR) is 51.0 cm³/mol. The molecule has 12 heavy (non-hydrogen) atoms. The van der Waals surface area contributed by atoms with Crippen molar-refractivity contribution < 1.29 is 4.79 Å². The summed E-state index contributed by atoms with van der Waals surface area (Å²) >= 11 is 0. The van der Waals surface area contributed by atoms with Gasteiger partial charge in [-0.05, 0) is 19.8 Å². The summed E-state index contributed by atoms with van der Waals surface area (Å²) in [5.41, 5.74) is 5.03. The summed E-state index contributed by atoms with van der Waals surface area (Å²) < 4.78 is 0. The van der Waals surface area contributed by atoms with Crippen LogP contribution in [0.3, 0.4) is 0 Å². The highest BCUT2D eigenvalue weighted by atomic mass is 16.1. The van der Waals surface area contributed by atoms with E-state index in [2.05, 4.69) is 5.32 Å². The van der Waals surface area contributed by atoms with E-state index in [1.54, 1.807) is 0 Å². The van der Waals surface area contributed by atoms with Crippen LogP contribution in [0.15, 0.2) is 0 Å². The molecule has 0 aromatic rings. The number of carbonyl (C=O) groups is 1. The second kappa shape index (κ2) is 4.58. The molecule has 0 unspecified atom stereocenters. The van der Waals surface area contributed by atoms with Crippen LogP contribution in [0.5, 0.6) is 0 Å². The summed E-state index contributed by atoms with van der Waals surface area (Å²) in [6.07, 6.45) is 0.928. The number of hydrogen-bond donors (Lipinski definition) is 2. The number of rotatable bonds is 5. The van der Waals surface area contributed by atoms with Crippen molar-refractivity contribution in [3.05, 3.63) is 0 Å². The first-order valence-electron chi connectivity index (χ1n) is 4.42. The number of nitrogens with two attached hydrogens (primary N) is 1. The minimum absolute atomic E-state index is 0.224. The lowest BCUT2D eigenvalue weighted by Gasteiger charge is -2.33. The molecule has 0 aliphatic rings. The third-order valence-corrected chi connectivity index (χ3v) is 2.14. The SMILES string of the molecule is CC(C)N[C@@](C=O)(CN)C(C)C. The Morgan fingerprint density at radius 1 is 1.42 bits per heavy atom. The van der Waals surface area contributed by atoms with Crippen LogP contribution < -0.4 is 11.1 Å². The minimum Gasteiger partial charge on any atom is -0.328 e. The standard InChI is InChI=1S/C9H20N2O/c1-7(2)9(5-10,6-12)11-8(3)4/h6-8,11H,5,10H2,1-4H3/t9-/m1/s1. The van der Waals surface area contributed by atoms with Crippen LogP contribution in [0.1, 0.15) is 27.7 Å². The number of aldehydes is 1. The van der Waals surface area contributed by atoms with Gasteiger partial charge >= 0.3 is 0 Å². The molecule has 0 aliphatic carbocycles. The zero-order chi connectivity index (χ0) is 9.78. The predicted octanol–water partition coefficient (Wildman–Crippen LogP) is 0.537. The van der Waals surface area contributed by atoms with Crippen molar-refractivity contribution in [2.24, 2.45) is 11.7 Å². The molecule has 0 fully saturated rings. The van der Waals surface area contributed by atoms with Crippen molar-refractivity contribution in [3.63, 3.8) is 0 Å². The molecular formula is C9H20N2O. The molecule has 0 rings (SSSR count). The maximum atomic E-state index is 10.9.